The molecule has 0 radical (unpaired) electrons. The minimum absolute atomic E-state index is 0.297. The Kier molecular flexibility index (Phi) is 57.6. The van der Waals surface area contributed by atoms with Crippen LogP contribution >= 0.6 is 0 Å². The van der Waals surface area contributed by atoms with Gasteiger partial charge in [-0.1, -0.05) is 409 Å². The van der Waals surface area contributed by atoms with Gasteiger partial charge in [-0.25, -0.2) is 19.2 Å². The molecule has 0 aliphatic heterocycles. The van der Waals surface area contributed by atoms with Gasteiger partial charge in [0.05, 0.1) is 48.7 Å². The van der Waals surface area contributed by atoms with E-state index in [1.165, 1.54) is 283 Å². The molecule has 4 aromatic rings. The fourth-order valence-electron chi connectivity index (χ4n) is 14.6. The molecule has 116 heavy (non-hydrogen) atoms. The molecule has 0 spiro atoms. The molecule has 624 valence electrons. The van der Waals surface area contributed by atoms with Crippen LogP contribution in [0.4, 0.5) is 0 Å². The first kappa shape index (κ1) is 97.8. The van der Waals surface area contributed by atoms with Crippen LogP contribution in [-0.4, -0.2) is 50.3 Å². The van der Waals surface area contributed by atoms with E-state index in [4.69, 9.17) is 18.9 Å². The average molecular weight is 1570 g/mol. The molecule has 0 amide bonds. The molecule has 0 saturated carbocycles. The van der Waals surface area contributed by atoms with Gasteiger partial charge in [-0.05, 0) is 146 Å². The van der Waals surface area contributed by atoms with Gasteiger partial charge in [0.1, 0.15) is 0 Å². The monoisotopic (exact) mass is 1570 g/mol. The van der Waals surface area contributed by atoms with Crippen molar-refractivity contribution in [2.24, 2.45) is 0 Å². The molecule has 0 fully saturated rings. The molecule has 4 aromatic carbocycles. The maximum absolute atomic E-state index is 13.8. The van der Waals surface area contributed by atoms with E-state index < -0.39 is 23.9 Å². The summed E-state index contributed by atoms with van der Waals surface area (Å²) in [5.74, 6) is 46.9. The van der Waals surface area contributed by atoms with Gasteiger partial charge in [0, 0.05) is 44.5 Å². The quantitative estimate of drug-likeness (QED) is 0.0186. The Bertz CT molecular complexity index is 3320. The lowest BCUT2D eigenvalue weighted by Crippen LogP contribution is -2.07. The molecule has 0 unspecified atom stereocenters. The van der Waals surface area contributed by atoms with Crippen LogP contribution in [-0.2, 0) is 18.9 Å². The fraction of sp³-hybridized carbons (Fsp3) is 0.593. The van der Waals surface area contributed by atoms with Gasteiger partial charge in [0.15, 0.2) is 0 Å². The molecule has 0 heterocycles. The molecule has 8 heteroatoms. The van der Waals surface area contributed by atoms with Crippen LogP contribution in [0.5, 0.6) is 0 Å². The number of benzene rings is 4. The third-order valence-corrected chi connectivity index (χ3v) is 21.5. The molecule has 8 nitrogen and oxygen atoms in total. The van der Waals surface area contributed by atoms with Crippen LogP contribution in [0.25, 0.3) is 0 Å². The summed E-state index contributed by atoms with van der Waals surface area (Å²) in [6.07, 6.45) is 69.0. The molecule has 0 saturated heterocycles. The SMILES string of the molecule is CCCCCCCCCCCCCCCCOC(=O)c1cc2cc(c1)C#CC#Cc1cc(cc(C(=O)OCCCCCCCCCCCCCCCC)c1)C#CC#Cc1cc(cc(C(=O)OCCCCCCCCCCCCCCCC)c1)C#CC#Cc1cc(cc(C(=O)OCCCCCCCCCCCCCCCC)c1)C#CC#C2. The highest BCUT2D eigenvalue weighted by atomic mass is 16.5. The summed E-state index contributed by atoms with van der Waals surface area (Å²) in [4.78, 5) is 55.4. The van der Waals surface area contributed by atoms with Crippen LogP contribution in [0.3, 0.4) is 0 Å². The Hall–Kier alpha value is -8.76. The van der Waals surface area contributed by atoms with E-state index in [0.29, 0.717) is 93.2 Å². The van der Waals surface area contributed by atoms with Crippen molar-refractivity contribution in [3.63, 3.8) is 0 Å². The van der Waals surface area contributed by atoms with Crippen molar-refractivity contribution in [1.82, 2.24) is 0 Å². The second kappa shape index (κ2) is 68.3. The zero-order chi connectivity index (χ0) is 82.3. The maximum Gasteiger partial charge on any atom is 0.338 e. The van der Waals surface area contributed by atoms with E-state index in [9.17, 15) is 19.2 Å². The summed E-state index contributed by atoms with van der Waals surface area (Å²) in [6.45, 7) is 10.3. The summed E-state index contributed by atoms with van der Waals surface area (Å²) in [6, 6.07) is 20.6. The maximum atomic E-state index is 13.8. The summed E-state index contributed by atoms with van der Waals surface area (Å²) in [5.41, 5.74) is 5.10. The Morgan fingerprint density at radius 2 is 0.284 bits per heavy atom. The smallest absolute Gasteiger partial charge is 0.338 e. The minimum Gasteiger partial charge on any atom is -0.462 e. The first-order valence-electron chi connectivity index (χ1n) is 46.5. The number of carbonyl (C=O) groups is 4. The Morgan fingerprint density at radius 1 is 0.172 bits per heavy atom. The highest BCUT2D eigenvalue weighted by Crippen LogP contribution is 2.22. The number of carbonyl (C=O) groups excluding carboxylic acids is 4. The summed E-state index contributed by atoms with van der Waals surface area (Å²) >= 11 is 0. The van der Waals surface area contributed by atoms with Crippen LogP contribution in [0.2, 0.25) is 0 Å². The van der Waals surface area contributed by atoms with Crippen molar-refractivity contribution in [2.45, 2.75) is 387 Å². The molecule has 0 N–H and O–H groups in total. The highest BCUT2D eigenvalue weighted by Gasteiger charge is 2.15. The van der Waals surface area contributed by atoms with Gasteiger partial charge in [-0.3, -0.25) is 0 Å². The number of unbranched alkanes of at least 4 members (excludes halogenated alkanes) is 52. The van der Waals surface area contributed by atoms with Crippen molar-refractivity contribution in [2.75, 3.05) is 26.4 Å². The Labute approximate surface area is 705 Å². The molecule has 8 bridgehead atoms. The van der Waals surface area contributed by atoms with Gasteiger partial charge >= 0.3 is 23.9 Å². The predicted molar refractivity (Wildman–Crippen MR) is 483 cm³/mol. The first-order chi connectivity index (χ1) is 57.2. The standard InChI is InChI=1S/C108H144O8/c1-5-9-13-17-21-25-29-33-37-41-45-49-53-65-77-113-105(109)101-85-93-69-57-59-71-95-82-97(89-102(87-95)106(110)114-78-66-54-50-46-42-38-34-30-26-22-18-14-10-6-2)73-61-63-75-99-84-100(92-104(91-99)108(112)116-80-68-56-52-48-44-40-36-32-28-24-20-16-12-8-4)76-64-62-74-98-83-96(72-60-58-70-94(81-93)86-101)88-103(90-98)107(111)115-79-67-55-51-47-43-39-35-31-27-23-19-15-11-7-3/h81-92H,5-56,65-68,77-80H2,1-4H3. The van der Waals surface area contributed by atoms with Crippen molar-refractivity contribution < 1.29 is 38.1 Å². The van der Waals surface area contributed by atoms with Gasteiger partial charge in [0.2, 0.25) is 0 Å². The van der Waals surface area contributed by atoms with Gasteiger partial charge in [-0.2, -0.15) is 0 Å². The highest BCUT2D eigenvalue weighted by molar-refractivity contribution is 5.92. The first-order valence-corrected chi connectivity index (χ1v) is 46.5. The number of rotatable bonds is 64. The molecule has 5 rings (SSSR count). The van der Waals surface area contributed by atoms with Crippen LogP contribution in [0.15, 0.2) is 72.8 Å². The summed E-state index contributed by atoms with van der Waals surface area (Å²) in [5, 5.41) is 0. The second-order valence-corrected chi connectivity index (χ2v) is 32.1. The molecule has 1 aliphatic carbocycles. The van der Waals surface area contributed by atoms with E-state index in [2.05, 4.69) is 122 Å². The number of fused-ring (bicyclic) bond motifs is 8. The van der Waals surface area contributed by atoms with E-state index in [0.717, 1.165) is 77.0 Å². The normalized spacial score (nSPS) is 11.1. The lowest BCUT2D eigenvalue weighted by Gasteiger charge is -2.07. The lowest BCUT2D eigenvalue weighted by atomic mass is 10.0. The predicted octanol–water partition coefficient (Wildman–Crippen LogP) is 28.2. The molecular weight excluding hydrogens is 1430 g/mol. The van der Waals surface area contributed by atoms with Gasteiger partial charge in [-0.15, -0.1) is 0 Å². The van der Waals surface area contributed by atoms with Gasteiger partial charge in [0.25, 0.3) is 0 Å². The third-order valence-electron chi connectivity index (χ3n) is 21.5. The molecule has 0 atom stereocenters. The van der Waals surface area contributed by atoms with E-state index >= 15 is 0 Å². The fourth-order valence-corrected chi connectivity index (χ4v) is 14.6. The Balaban J connectivity index is 1.40. The zero-order valence-corrected chi connectivity index (χ0v) is 72.6. The summed E-state index contributed by atoms with van der Waals surface area (Å²) in [7, 11) is 0. The zero-order valence-electron chi connectivity index (χ0n) is 72.6. The number of hydrogen-bond acceptors (Lipinski definition) is 8. The number of ether oxygens (including phenoxy) is 4. The van der Waals surface area contributed by atoms with Gasteiger partial charge < -0.3 is 18.9 Å². The molecule has 1 aliphatic rings. The van der Waals surface area contributed by atoms with E-state index in [-0.39, 0.29) is 0 Å². The Morgan fingerprint density at radius 3 is 0.405 bits per heavy atom. The van der Waals surface area contributed by atoms with Crippen molar-refractivity contribution in [3.05, 3.63) is 140 Å². The summed E-state index contributed by atoms with van der Waals surface area (Å²) < 4.78 is 23.5. The molecular formula is C108H144O8. The van der Waals surface area contributed by atoms with Crippen molar-refractivity contribution >= 4 is 23.9 Å². The minimum atomic E-state index is -0.476. The second-order valence-electron chi connectivity index (χ2n) is 32.1. The number of hydrogen-bond donors (Lipinski definition) is 0. The van der Waals surface area contributed by atoms with Crippen LogP contribution in [0, 0.1) is 94.7 Å². The van der Waals surface area contributed by atoms with Crippen molar-refractivity contribution in [1.29, 1.82) is 0 Å². The average Bonchev–Trinajstić information content (AvgIpc) is 0.864. The number of esters is 4. The van der Waals surface area contributed by atoms with E-state index in [1.54, 1.807) is 72.8 Å². The topological polar surface area (TPSA) is 105 Å². The molecule has 0 aromatic heterocycles. The largest absolute Gasteiger partial charge is 0.462 e. The van der Waals surface area contributed by atoms with Crippen molar-refractivity contribution in [3.8, 4) is 94.7 Å². The third kappa shape index (κ3) is 50.0. The van der Waals surface area contributed by atoms with E-state index in [1.807, 2.05) is 0 Å². The lowest BCUT2D eigenvalue weighted by molar-refractivity contribution is 0.0488. The van der Waals surface area contributed by atoms with Crippen LogP contribution < -0.4 is 0 Å². The van der Waals surface area contributed by atoms with Crippen LogP contribution in [0.1, 0.15) is 473 Å².